The zero-order valence-corrected chi connectivity index (χ0v) is 23.0. The van der Waals surface area contributed by atoms with Crippen LogP contribution >= 0.6 is 0 Å². The minimum absolute atomic E-state index is 0.338. The van der Waals surface area contributed by atoms with Crippen LogP contribution in [0, 0.1) is 0 Å². The Morgan fingerprint density at radius 2 is 1.86 bits per heavy atom. The highest BCUT2D eigenvalue weighted by Gasteiger charge is 2.30. The summed E-state index contributed by atoms with van der Waals surface area (Å²) in [6.07, 6.45) is 12.3. The molecule has 2 atom stereocenters. The van der Waals surface area contributed by atoms with E-state index in [0.717, 1.165) is 66.4 Å². The smallest absolute Gasteiger partial charge is 0.167 e. The molecular weight excluding hydrogens is 524 g/mol. The normalized spacial score (nSPS) is 18.1. The Morgan fingerprint density at radius 1 is 0.905 bits per heavy atom. The zero-order valence-electron chi connectivity index (χ0n) is 23.0. The number of fused-ring (bicyclic) bond motifs is 2. The number of anilines is 2. The second-order valence-corrected chi connectivity index (χ2v) is 11.0. The van der Waals surface area contributed by atoms with Crippen LogP contribution in [0.15, 0.2) is 91.6 Å². The van der Waals surface area contributed by atoms with Gasteiger partial charge >= 0.3 is 0 Å². The molecule has 8 rings (SSSR count). The van der Waals surface area contributed by atoms with Crippen LogP contribution in [0.5, 0.6) is 0 Å². The molecule has 208 valence electrons. The fourth-order valence-corrected chi connectivity index (χ4v) is 6.38. The quantitative estimate of drug-likeness (QED) is 0.309. The van der Waals surface area contributed by atoms with Gasteiger partial charge in [0.1, 0.15) is 11.3 Å². The molecular formula is C32H30N10. The van der Waals surface area contributed by atoms with E-state index in [1.165, 1.54) is 16.8 Å². The maximum Gasteiger partial charge on any atom is 0.167 e. The topological polar surface area (TPSA) is 116 Å². The molecule has 2 aliphatic rings. The molecule has 0 bridgehead atoms. The molecule has 5 aromatic heterocycles. The van der Waals surface area contributed by atoms with Crippen molar-refractivity contribution in [2.24, 2.45) is 0 Å². The van der Waals surface area contributed by atoms with E-state index in [1.807, 2.05) is 55.0 Å². The largest absolute Gasteiger partial charge is 0.383 e. The summed E-state index contributed by atoms with van der Waals surface area (Å²) in [7, 11) is 0. The molecule has 1 aromatic carbocycles. The second kappa shape index (κ2) is 10.1. The third kappa shape index (κ3) is 4.27. The first-order valence-corrected chi connectivity index (χ1v) is 14.4. The molecule has 1 aliphatic carbocycles. The molecule has 6 aromatic rings. The van der Waals surface area contributed by atoms with Crippen molar-refractivity contribution in [1.29, 1.82) is 0 Å². The molecule has 10 nitrogen and oxygen atoms in total. The van der Waals surface area contributed by atoms with Crippen LogP contribution in [0.2, 0.25) is 0 Å². The summed E-state index contributed by atoms with van der Waals surface area (Å²) in [5.41, 5.74) is 13.6. The second-order valence-electron chi connectivity index (χ2n) is 11.0. The average molecular weight is 555 g/mol. The lowest BCUT2D eigenvalue weighted by Gasteiger charge is -2.22. The lowest BCUT2D eigenvalue weighted by molar-refractivity contribution is 0.454. The number of nitrogens with two attached hydrogens (primary N) is 1. The summed E-state index contributed by atoms with van der Waals surface area (Å²) >= 11 is 0. The maximum atomic E-state index is 6.35. The van der Waals surface area contributed by atoms with Gasteiger partial charge in [-0.05, 0) is 85.0 Å². The zero-order chi connectivity index (χ0) is 28.0. The molecule has 0 radical (unpaired) electrons. The first kappa shape index (κ1) is 24.7. The summed E-state index contributed by atoms with van der Waals surface area (Å²) in [6.45, 7) is 2.04. The number of nitrogen functional groups attached to an aromatic ring is 1. The van der Waals surface area contributed by atoms with Crippen LogP contribution in [0.3, 0.4) is 0 Å². The van der Waals surface area contributed by atoms with E-state index in [1.54, 1.807) is 17.1 Å². The summed E-state index contributed by atoms with van der Waals surface area (Å²) < 4.78 is 3.85. The fourth-order valence-electron chi connectivity index (χ4n) is 6.38. The maximum absolute atomic E-state index is 6.35. The number of benzene rings is 1. The predicted molar refractivity (Wildman–Crippen MR) is 163 cm³/mol. The van der Waals surface area contributed by atoms with Gasteiger partial charge in [-0.1, -0.05) is 6.07 Å². The monoisotopic (exact) mass is 554 g/mol. The highest BCUT2D eigenvalue weighted by atomic mass is 15.3. The van der Waals surface area contributed by atoms with E-state index >= 15 is 0 Å². The lowest BCUT2D eigenvalue weighted by atomic mass is 10.1. The van der Waals surface area contributed by atoms with Gasteiger partial charge in [-0.3, -0.25) is 9.55 Å². The van der Waals surface area contributed by atoms with Gasteiger partial charge in [-0.15, -0.1) is 0 Å². The van der Waals surface area contributed by atoms with Gasteiger partial charge in [0.15, 0.2) is 17.3 Å². The van der Waals surface area contributed by atoms with Crippen LogP contribution in [0.4, 0.5) is 11.5 Å². The van der Waals surface area contributed by atoms with Gasteiger partial charge in [-0.2, -0.15) is 5.10 Å². The van der Waals surface area contributed by atoms with E-state index in [4.69, 9.17) is 15.7 Å². The van der Waals surface area contributed by atoms with Gasteiger partial charge in [-0.25, -0.2) is 19.6 Å². The first-order valence-electron chi connectivity index (χ1n) is 14.4. The standard InChI is InChI=1S/C32H30N10/c33-30-26(5-2-14-35-30)31-38-28-10-11-29(41-16-3-15-36-41)39-32(28)42(31)23-7-8-25-21(18-23)6-9-27(25)37-22-12-17-40(20-22)24-4-1-13-34-19-24/h1-5,7-8,10-11,13-16,18-19,22,27,37H,6,9,12,17,20H2,(H2,33,35). The predicted octanol–water partition coefficient (Wildman–Crippen LogP) is 4.50. The number of aromatic nitrogens is 7. The van der Waals surface area contributed by atoms with Crippen molar-refractivity contribution in [1.82, 2.24) is 39.6 Å². The molecule has 6 heterocycles. The van der Waals surface area contributed by atoms with Crippen molar-refractivity contribution in [3.63, 3.8) is 0 Å². The minimum atomic E-state index is 0.338. The molecule has 1 aliphatic heterocycles. The Labute approximate surface area is 242 Å². The number of hydrogen-bond donors (Lipinski definition) is 2. The van der Waals surface area contributed by atoms with E-state index in [9.17, 15) is 0 Å². The number of rotatable bonds is 6. The van der Waals surface area contributed by atoms with Gasteiger partial charge < -0.3 is 16.0 Å². The van der Waals surface area contributed by atoms with Crippen LogP contribution in [0.25, 0.3) is 34.1 Å². The molecule has 10 heteroatoms. The van der Waals surface area contributed by atoms with E-state index in [-0.39, 0.29) is 0 Å². The highest BCUT2D eigenvalue weighted by molar-refractivity contribution is 5.83. The van der Waals surface area contributed by atoms with Crippen molar-refractivity contribution in [3.8, 4) is 22.9 Å². The molecule has 0 spiro atoms. The molecule has 0 amide bonds. The van der Waals surface area contributed by atoms with Crippen molar-refractivity contribution in [3.05, 3.63) is 103 Å². The molecule has 1 saturated heterocycles. The fraction of sp³-hybridized carbons (Fsp3) is 0.219. The lowest BCUT2D eigenvalue weighted by Crippen LogP contribution is -2.34. The number of nitrogens with one attached hydrogen (secondary N) is 1. The Balaban J connectivity index is 1.14. The summed E-state index contributed by atoms with van der Waals surface area (Å²) in [5, 5.41) is 8.33. The van der Waals surface area contributed by atoms with Gasteiger partial charge in [0, 0.05) is 55.6 Å². The average Bonchev–Trinajstić information content (AvgIpc) is 3.84. The van der Waals surface area contributed by atoms with Gasteiger partial charge in [0.25, 0.3) is 0 Å². The number of imidazole rings is 1. The SMILES string of the molecule is Nc1ncccc1-c1nc2ccc(-n3cccn3)nc2n1-c1ccc2c(c1)CCC2NC1CCN(c2cccnc2)C1. The number of hydrogen-bond acceptors (Lipinski definition) is 8. The van der Waals surface area contributed by atoms with Crippen molar-refractivity contribution < 1.29 is 0 Å². The first-order chi connectivity index (χ1) is 20.7. The van der Waals surface area contributed by atoms with Gasteiger partial charge in [0.2, 0.25) is 0 Å². The summed E-state index contributed by atoms with van der Waals surface area (Å²) in [6, 6.07) is 21.3. The molecule has 3 N–H and O–H groups in total. The van der Waals surface area contributed by atoms with Crippen LogP contribution in [0.1, 0.15) is 30.0 Å². The Kier molecular flexibility index (Phi) is 5.92. The molecule has 1 fully saturated rings. The van der Waals surface area contributed by atoms with Crippen molar-refractivity contribution in [2.75, 3.05) is 23.7 Å². The minimum Gasteiger partial charge on any atom is -0.383 e. The van der Waals surface area contributed by atoms with Crippen LogP contribution in [-0.4, -0.2) is 53.4 Å². The molecule has 0 saturated carbocycles. The molecule has 2 unspecified atom stereocenters. The molecule has 42 heavy (non-hydrogen) atoms. The Bertz CT molecular complexity index is 1880. The van der Waals surface area contributed by atoms with Crippen LogP contribution < -0.4 is 16.0 Å². The van der Waals surface area contributed by atoms with E-state index in [0.29, 0.717) is 17.9 Å². The van der Waals surface area contributed by atoms with Crippen molar-refractivity contribution >= 4 is 22.7 Å². The van der Waals surface area contributed by atoms with Crippen LogP contribution in [-0.2, 0) is 6.42 Å². The highest BCUT2D eigenvalue weighted by Crippen LogP contribution is 2.36. The number of pyridine rings is 3. The summed E-state index contributed by atoms with van der Waals surface area (Å²) in [5.74, 6) is 1.88. The number of nitrogens with zero attached hydrogens (tertiary/aromatic N) is 8. The third-order valence-electron chi connectivity index (χ3n) is 8.41. The van der Waals surface area contributed by atoms with E-state index < -0.39 is 0 Å². The third-order valence-corrected chi connectivity index (χ3v) is 8.41. The Hall–Kier alpha value is -5.09. The van der Waals surface area contributed by atoms with Crippen molar-refractivity contribution in [2.45, 2.75) is 31.3 Å². The van der Waals surface area contributed by atoms with E-state index in [2.05, 4.69) is 54.1 Å². The van der Waals surface area contributed by atoms with Gasteiger partial charge in [0.05, 0.1) is 17.4 Å². The Morgan fingerprint density at radius 3 is 2.71 bits per heavy atom. The summed E-state index contributed by atoms with van der Waals surface area (Å²) in [4.78, 5) is 21.0. The number of aryl methyl sites for hydroxylation is 1.